The Bertz CT molecular complexity index is 477. The standard InChI is InChI=1S/C23H44N2O4/c1-6-7-8-9-10-11-12-13-14-21(26)24-19(15-17(2)3)22(27)25-20(23(28)29)16-18(4)5/h17-20H,6-16H2,1-5H3,(H,24,26)(H,25,27)(H,28,29)/t19-,20-/m0/s1. The molecule has 0 radical (unpaired) electrons. The number of amides is 2. The minimum atomic E-state index is -1.04. The number of unbranched alkanes of at least 4 members (excludes halogenated alkanes) is 7. The molecule has 0 saturated heterocycles. The van der Waals surface area contributed by atoms with Gasteiger partial charge >= 0.3 is 5.97 Å². The Labute approximate surface area is 177 Å². The van der Waals surface area contributed by atoms with Crippen LogP contribution in [-0.2, 0) is 14.4 Å². The molecule has 170 valence electrons. The molecular formula is C23H44N2O4. The minimum Gasteiger partial charge on any atom is -0.480 e. The Kier molecular flexibility index (Phi) is 15.3. The van der Waals surface area contributed by atoms with Crippen molar-refractivity contribution >= 4 is 17.8 Å². The van der Waals surface area contributed by atoms with E-state index in [0.29, 0.717) is 19.3 Å². The number of rotatable bonds is 17. The highest BCUT2D eigenvalue weighted by molar-refractivity contribution is 5.90. The van der Waals surface area contributed by atoms with Crippen LogP contribution in [0, 0.1) is 11.8 Å². The van der Waals surface area contributed by atoms with Crippen molar-refractivity contribution in [2.24, 2.45) is 11.8 Å². The fourth-order valence-corrected chi connectivity index (χ4v) is 3.35. The van der Waals surface area contributed by atoms with E-state index in [4.69, 9.17) is 0 Å². The summed E-state index contributed by atoms with van der Waals surface area (Å²) >= 11 is 0. The van der Waals surface area contributed by atoms with E-state index in [9.17, 15) is 19.5 Å². The van der Waals surface area contributed by atoms with Crippen LogP contribution in [0.5, 0.6) is 0 Å². The van der Waals surface area contributed by atoms with E-state index in [-0.39, 0.29) is 17.7 Å². The third-order valence-electron chi connectivity index (χ3n) is 4.94. The second kappa shape index (κ2) is 16.2. The van der Waals surface area contributed by atoms with Crippen LogP contribution in [-0.4, -0.2) is 35.0 Å². The maximum atomic E-state index is 12.6. The third kappa shape index (κ3) is 15.0. The zero-order valence-electron chi connectivity index (χ0n) is 19.3. The van der Waals surface area contributed by atoms with Crippen LogP contribution >= 0.6 is 0 Å². The molecule has 0 heterocycles. The van der Waals surface area contributed by atoms with Gasteiger partial charge in [0, 0.05) is 6.42 Å². The van der Waals surface area contributed by atoms with Gasteiger partial charge < -0.3 is 15.7 Å². The number of carboxylic acids is 1. The van der Waals surface area contributed by atoms with Crippen LogP contribution in [0.1, 0.15) is 105 Å². The van der Waals surface area contributed by atoms with Crippen molar-refractivity contribution in [3.8, 4) is 0 Å². The first kappa shape index (κ1) is 27.4. The fraction of sp³-hybridized carbons (Fsp3) is 0.870. The summed E-state index contributed by atoms with van der Waals surface area (Å²) in [6.45, 7) is 10.00. The molecule has 2 atom stereocenters. The average Bonchev–Trinajstić information content (AvgIpc) is 2.61. The van der Waals surface area contributed by atoms with Crippen molar-refractivity contribution in [3.05, 3.63) is 0 Å². The van der Waals surface area contributed by atoms with Crippen LogP contribution in [0.25, 0.3) is 0 Å². The fourth-order valence-electron chi connectivity index (χ4n) is 3.35. The predicted molar refractivity (Wildman–Crippen MR) is 118 cm³/mol. The van der Waals surface area contributed by atoms with Gasteiger partial charge in [-0.2, -0.15) is 0 Å². The van der Waals surface area contributed by atoms with Crippen molar-refractivity contribution in [2.45, 2.75) is 117 Å². The Balaban J connectivity index is 4.45. The lowest BCUT2D eigenvalue weighted by atomic mass is 10.0. The number of hydrogen-bond acceptors (Lipinski definition) is 3. The molecule has 0 aliphatic heterocycles. The topological polar surface area (TPSA) is 95.5 Å². The number of carbonyl (C=O) groups is 3. The normalized spacial score (nSPS) is 13.3. The molecule has 3 N–H and O–H groups in total. The van der Waals surface area contributed by atoms with Crippen molar-refractivity contribution in [2.75, 3.05) is 0 Å². The zero-order chi connectivity index (χ0) is 22.2. The summed E-state index contributed by atoms with van der Waals surface area (Å²) in [4.78, 5) is 36.3. The molecule has 0 aromatic carbocycles. The van der Waals surface area contributed by atoms with Gasteiger partial charge in [-0.05, 0) is 31.1 Å². The largest absolute Gasteiger partial charge is 0.480 e. The Hall–Kier alpha value is -1.59. The van der Waals surface area contributed by atoms with Crippen molar-refractivity contribution in [3.63, 3.8) is 0 Å². The van der Waals surface area contributed by atoms with E-state index in [0.717, 1.165) is 19.3 Å². The van der Waals surface area contributed by atoms with Crippen molar-refractivity contribution in [1.29, 1.82) is 0 Å². The molecule has 0 spiro atoms. The highest BCUT2D eigenvalue weighted by Gasteiger charge is 2.27. The van der Waals surface area contributed by atoms with Gasteiger partial charge in [0.05, 0.1) is 0 Å². The molecule has 0 bridgehead atoms. The lowest BCUT2D eigenvalue weighted by Gasteiger charge is -2.23. The Morgan fingerprint density at radius 2 is 1.21 bits per heavy atom. The van der Waals surface area contributed by atoms with Gasteiger partial charge in [-0.1, -0.05) is 79.6 Å². The molecule has 6 nitrogen and oxygen atoms in total. The highest BCUT2D eigenvalue weighted by Crippen LogP contribution is 2.11. The second-order valence-electron chi connectivity index (χ2n) is 9.00. The molecule has 29 heavy (non-hydrogen) atoms. The summed E-state index contributed by atoms with van der Waals surface area (Å²) < 4.78 is 0. The zero-order valence-corrected chi connectivity index (χ0v) is 19.3. The molecular weight excluding hydrogens is 368 g/mol. The average molecular weight is 413 g/mol. The van der Waals surface area contributed by atoms with Gasteiger partial charge in [-0.15, -0.1) is 0 Å². The van der Waals surface area contributed by atoms with E-state index in [2.05, 4.69) is 17.6 Å². The first-order valence-electron chi connectivity index (χ1n) is 11.5. The van der Waals surface area contributed by atoms with Crippen LogP contribution in [0.15, 0.2) is 0 Å². The first-order valence-corrected chi connectivity index (χ1v) is 11.5. The third-order valence-corrected chi connectivity index (χ3v) is 4.94. The van der Waals surface area contributed by atoms with E-state index < -0.39 is 24.0 Å². The Morgan fingerprint density at radius 1 is 0.724 bits per heavy atom. The van der Waals surface area contributed by atoms with Crippen LogP contribution in [0.4, 0.5) is 0 Å². The number of aliphatic carboxylic acids is 1. The minimum absolute atomic E-state index is 0.132. The van der Waals surface area contributed by atoms with Crippen LogP contribution < -0.4 is 10.6 Å². The number of carboxylic acid groups (broad SMARTS) is 1. The highest BCUT2D eigenvalue weighted by atomic mass is 16.4. The number of nitrogens with one attached hydrogen (secondary N) is 2. The molecule has 6 heteroatoms. The van der Waals surface area contributed by atoms with E-state index >= 15 is 0 Å². The molecule has 2 amide bonds. The van der Waals surface area contributed by atoms with Crippen molar-refractivity contribution < 1.29 is 19.5 Å². The SMILES string of the molecule is CCCCCCCCCCC(=O)N[C@@H](CC(C)C)C(=O)N[C@@H](CC(C)C)C(=O)O. The maximum Gasteiger partial charge on any atom is 0.326 e. The summed E-state index contributed by atoms with van der Waals surface area (Å²) in [6.07, 6.45) is 10.5. The lowest BCUT2D eigenvalue weighted by molar-refractivity contribution is -0.142. The Morgan fingerprint density at radius 3 is 1.69 bits per heavy atom. The summed E-state index contributed by atoms with van der Waals surface area (Å²) in [6, 6.07) is -1.62. The number of carbonyl (C=O) groups excluding carboxylic acids is 2. The predicted octanol–water partition coefficient (Wildman–Crippen LogP) is 4.66. The summed E-state index contributed by atoms with van der Waals surface area (Å²) in [5.74, 6) is -1.22. The smallest absolute Gasteiger partial charge is 0.326 e. The van der Waals surface area contributed by atoms with Gasteiger partial charge in [0.2, 0.25) is 11.8 Å². The van der Waals surface area contributed by atoms with Gasteiger partial charge in [0.1, 0.15) is 12.1 Å². The summed E-state index contributed by atoms with van der Waals surface area (Å²) in [5.41, 5.74) is 0. The number of hydrogen-bond donors (Lipinski definition) is 3. The van der Waals surface area contributed by atoms with Gasteiger partial charge in [-0.25, -0.2) is 4.79 Å². The van der Waals surface area contributed by atoms with E-state index in [1.54, 1.807) is 0 Å². The van der Waals surface area contributed by atoms with E-state index in [1.165, 1.54) is 32.1 Å². The van der Waals surface area contributed by atoms with Gasteiger partial charge in [-0.3, -0.25) is 9.59 Å². The summed E-state index contributed by atoms with van der Waals surface area (Å²) in [7, 11) is 0. The molecule has 0 aliphatic carbocycles. The molecule has 0 aromatic heterocycles. The maximum absolute atomic E-state index is 12.6. The van der Waals surface area contributed by atoms with E-state index in [1.807, 2.05) is 27.7 Å². The van der Waals surface area contributed by atoms with Crippen molar-refractivity contribution in [1.82, 2.24) is 10.6 Å². The molecule has 0 aromatic rings. The second-order valence-corrected chi connectivity index (χ2v) is 9.00. The molecule has 0 unspecified atom stereocenters. The quantitative estimate of drug-likeness (QED) is 0.303. The van der Waals surface area contributed by atoms with Crippen LogP contribution in [0.3, 0.4) is 0 Å². The molecule has 0 rings (SSSR count). The van der Waals surface area contributed by atoms with Gasteiger partial charge in [0.15, 0.2) is 0 Å². The molecule has 0 aliphatic rings. The van der Waals surface area contributed by atoms with Gasteiger partial charge in [0.25, 0.3) is 0 Å². The molecule has 0 fully saturated rings. The first-order chi connectivity index (χ1) is 13.7. The molecule has 0 saturated carbocycles. The summed E-state index contributed by atoms with van der Waals surface area (Å²) in [5, 5.41) is 14.8. The monoisotopic (exact) mass is 412 g/mol. The van der Waals surface area contributed by atoms with Crippen LogP contribution in [0.2, 0.25) is 0 Å². The lowest BCUT2D eigenvalue weighted by Crippen LogP contribution is -2.52.